The molecule has 2 rings (SSSR count). The summed E-state index contributed by atoms with van der Waals surface area (Å²) in [6.45, 7) is 2.01. The third-order valence-electron chi connectivity index (χ3n) is 1.85. The van der Waals surface area contributed by atoms with Crippen LogP contribution in [0.1, 0.15) is 11.1 Å². The van der Waals surface area contributed by atoms with Crippen LogP contribution >= 0.6 is 0 Å². The lowest BCUT2D eigenvalue weighted by Crippen LogP contribution is -2.20. The van der Waals surface area contributed by atoms with Gasteiger partial charge in [0.25, 0.3) is 0 Å². The highest BCUT2D eigenvalue weighted by Crippen LogP contribution is 2.19. The number of fused-ring (bicyclic) bond motifs is 1. The first-order chi connectivity index (χ1) is 5.75. The quantitative estimate of drug-likeness (QED) is 0.600. The summed E-state index contributed by atoms with van der Waals surface area (Å²) in [6, 6.07) is 5.99. The molecule has 2 N–H and O–H groups in total. The molecule has 0 saturated carbocycles. The molecule has 1 unspecified atom stereocenters. The van der Waals surface area contributed by atoms with Crippen LogP contribution in [0, 0.1) is 6.92 Å². The van der Waals surface area contributed by atoms with Gasteiger partial charge in [-0.2, -0.15) is 0 Å². The van der Waals surface area contributed by atoms with Gasteiger partial charge in [-0.15, -0.1) is 0 Å². The molecule has 0 aromatic heterocycles. The molecule has 12 heavy (non-hydrogen) atoms. The maximum absolute atomic E-state index is 9.14. The van der Waals surface area contributed by atoms with E-state index < -0.39 is 6.35 Å². The fourth-order valence-corrected chi connectivity index (χ4v) is 1.23. The van der Waals surface area contributed by atoms with Crippen LogP contribution in [0.5, 0.6) is 0 Å². The Bertz CT molecular complexity index is 333. The highest BCUT2D eigenvalue weighted by Gasteiger charge is 2.09. The van der Waals surface area contributed by atoms with Crippen molar-refractivity contribution in [3.05, 3.63) is 29.3 Å². The molecule has 1 aliphatic rings. The van der Waals surface area contributed by atoms with Gasteiger partial charge in [0.1, 0.15) is 0 Å². The van der Waals surface area contributed by atoms with Crippen molar-refractivity contribution in [2.75, 3.05) is 5.32 Å². The standard InChI is InChI=1S/C9H10N2O/c1-6-2-3-7-5-10-9(12)11-8(7)4-6/h2-5,9,11-12H,1H3. The van der Waals surface area contributed by atoms with Crippen LogP contribution in [0.2, 0.25) is 0 Å². The lowest BCUT2D eigenvalue weighted by atomic mass is 10.1. The van der Waals surface area contributed by atoms with Crippen molar-refractivity contribution >= 4 is 11.9 Å². The average molecular weight is 162 g/mol. The zero-order valence-electron chi connectivity index (χ0n) is 6.78. The Morgan fingerprint density at radius 3 is 3.17 bits per heavy atom. The van der Waals surface area contributed by atoms with Crippen LogP contribution in [-0.4, -0.2) is 17.7 Å². The van der Waals surface area contributed by atoms with Crippen molar-refractivity contribution in [2.45, 2.75) is 13.3 Å². The van der Waals surface area contributed by atoms with Crippen molar-refractivity contribution in [1.29, 1.82) is 0 Å². The van der Waals surface area contributed by atoms with E-state index in [0.717, 1.165) is 11.3 Å². The molecule has 0 spiro atoms. The highest BCUT2D eigenvalue weighted by molar-refractivity contribution is 5.89. The molecule has 0 radical (unpaired) electrons. The van der Waals surface area contributed by atoms with Gasteiger partial charge < -0.3 is 10.4 Å². The van der Waals surface area contributed by atoms with Gasteiger partial charge in [-0.05, 0) is 18.6 Å². The van der Waals surface area contributed by atoms with Gasteiger partial charge in [0, 0.05) is 17.5 Å². The van der Waals surface area contributed by atoms with Gasteiger partial charge >= 0.3 is 0 Å². The topological polar surface area (TPSA) is 44.6 Å². The van der Waals surface area contributed by atoms with E-state index >= 15 is 0 Å². The number of nitrogens with one attached hydrogen (secondary N) is 1. The number of nitrogens with zero attached hydrogens (tertiary/aromatic N) is 1. The summed E-state index contributed by atoms with van der Waals surface area (Å²) < 4.78 is 0. The van der Waals surface area contributed by atoms with Crippen LogP contribution < -0.4 is 5.32 Å². The Morgan fingerprint density at radius 1 is 1.50 bits per heavy atom. The second kappa shape index (κ2) is 2.60. The van der Waals surface area contributed by atoms with Gasteiger partial charge in [-0.1, -0.05) is 12.1 Å². The number of aliphatic hydroxyl groups is 1. The van der Waals surface area contributed by atoms with Crippen molar-refractivity contribution in [1.82, 2.24) is 0 Å². The van der Waals surface area contributed by atoms with E-state index in [1.165, 1.54) is 5.56 Å². The van der Waals surface area contributed by atoms with Crippen molar-refractivity contribution < 1.29 is 5.11 Å². The molecule has 0 bridgehead atoms. The number of aryl methyl sites for hydroxylation is 1. The van der Waals surface area contributed by atoms with Gasteiger partial charge in [-0.3, -0.25) is 0 Å². The molecule has 1 heterocycles. The molecule has 62 valence electrons. The van der Waals surface area contributed by atoms with E-state index in [1.54, 1.807) is 6.21 Å². The average Bonchev–Trinajstić information content (AvgIpc) is 2.03. The van der Waals surface area contributed by atoms with Crippen molar-refractivity contribution in [3.8, 4) is 0 Å². The van der Waals surface area contributed by atoms with Gasteiger partial charge in [0.15, 0.2) is 0 Å². The van der Waals surface area contributed by atoms with E-state index in [4.69, 9.17) is 5.11 Å². The number of hydrogen-bond donors (Lipinski definition) is 2. The van der Waals surface area contributed by atoms with Crippen LogP contribution in [0.4, 0.5) is 5.69 Å². The zero-order valence-corrected chi connectivity index (χ0v) is 6.78. The van der Waals surface area contributed by atoms with Crippen LogP contribution in [0.3, 0.4) is 0 Å². The SMILES string of the molecule is Cc1ccc2c(c1)NC(O)N=C2. The summed E-state index contributed by atoms with van der Waals surface area (Å²) in [5, 5.41) is 12.0. The highest BCUT2D eigenvalue weighted by atomic mass is 16.3. The number of benzene rings is 1. The molecule has 3 nitrogen and oxygen atoms in total. The van der Waals surface area contributed by atoms with Crippen molar-refractivity contribution in [3.63, 3.8) is 0 Å². The van der Waals surface area contributed by atoms with E-state index in [-0.39, 0.29) is 0 Å². The zero-order chi connectivity index (χ0) is 8.55. The molecule has 1 atom stereocenters. The maximum Gasteiger partial charge on any atom is 0.223 e. The number of aliphatic hydroxyl groups excluding tert-OH is 1. The maximum atomic E-state index is 9.14. The van der Waals surface area contributed by atoms with Crippen molar-refractivity contribution in [2.24, 2.45) is 4.99 Å². The number of hydrogen-bond acceptors (Lipinski definition) is 3. The predicted molar refractivity (Wildman–Crippen MR) is 48.4 cm³/mol. The Balaban J connectivity index is 2.47. The monoisotopic (exact) mass is 162 g/mol. The minimum Gasteiger partial charge on any atom is -0.355 e. The summed E-state index contributed by atoms with van der Waals surface area (Å²) in [5.41, 5.74) is 3.13. The number of anilines is 1. The minimum absolute atomic E-state index is 0.792. The molecule has 0 saturated heterocycles. The molecule has 1 aliphatic heterocycles. The van der Waals surface area contributed by atoms with Crippen LogP contribution in [0.25, 0.3) is 0 Å². The molecular weight excluding hydrogens is 152 g/mol. The molecule has 1 aromatic rings. The molecule has 1 aromatic carbocycles. The summed E-state index contributed by atoms with van der Waals surface area (Å²) in [5.74, 6) is 0. The van der Waals surface area contributed by atoms with E-state index in [2.05, 4.69) is 10.3 Å². The van der Waals surface area contributed by atoms with Gasteiger partial charge in [-0.25, -0.2) is 4.99 Å². The van der Waals surface area contributed by atoms with Crippen LogP contribution in [0.15, 0.2) is 23.2 Å². The second-order valence-electron chi connectivity index (χ2n) is 2.89. The molecular formula is C9H10N2O. The summed E-state index contributed by atoms with van der Waals surface area (Å²) in [7, 11) is 0. The van der Waals surface area contributed by atoms with Gasteiger partial charge in [0.05, 0.1) is 0 Å². The Labute approximate surface area is 70.8 Å². The first-order valence-corrected chi connectivity index (χ1v) is 3.84. The third-order valence-corrected chi connectivity index (χ3v) is 1.85. The number of rotatable bonds is 0. The van der Waals surface area contributed by atoms with E-state index in [1.807, 2.05) is 25.1 Å². The first kappa shape index (κ1) is 7.31. The van der Waals surface area contributed by atoms with E-state index in [9.17, 15) is 0 Å². The van der Waals surface area contributed by atoms with Crippen LogP contribution in [-0.2, 0) is 0 Å². The minimum atomic E-state index is -0.792. The van der Waals surface area contributed by atoms with Gasteiger partial charge in [0.2, 0.25) is 6.35 Å². The lowest BCUT2D eigenvalue weighted by Gasteiger charge is -2.17. The smallest absolute Gasteiger partial charge is 0.223 e. The molecule has 0 aliphatic carbocycles. The third kappa shape index (κ3) is 1.19. The Kier molecular flexibility index (Phi) is 1.59. The predicted octanol–water partition coefficient (Wildman–Crippen LogP) is 1.12. The first-order valence-electron chi connectivity index (χ1n) is 3.84. The molecule has 0 amide bonds. The second-order valence-corrected chi connectivity index (χ2v) is 2.89. The number of aliphatic imine (C=N–C) groups is 1. The molecule has 0 fully saturated rings. The van der Waals surface area contributed by atoms with E-state index in [0.29, 0.717) is 0 Å². The summed E-state index contributed by atoms with van der Waals surface area (Å²) in [6.07, 6.45) is 0.884. The fourth-order valence-electron chi connectivity index (χ4n) is 1.23. The lowest BCUT2D eigenvalue weighted by molar-refractivity contribution is 0.214. The Hall–Kier alpha value is -1.35. The normalized spacial score (nSPS) is 20.0. The largest absolute Gasteiger partial charge is 0.355 e. The fraction of sp³-hybridized carbons (Fsp3) is 0.222. The summed E-state index contributed by atoms with van der Waals surface area (Å²) >= 11 is 0. The Morgan fingerprint density at radius 2 is 2.33 bits per heavy atom. The summed E-state index contributed by atoms with van der Waals surface area (Å²) in [4.78, 5) is 3.82. The molecule has 3 heteroatoms.